The molecule has 1 fully saturated rings. The van der Waals surface area contributed by atoms with Crippen LogP contribution in [0.15, 0.2) is 42.7 Å². The maximum atomic E-state index is 12.3. The van der Waals surface area contributed by atoms with Crippen molar-refractivity contribution in [3.63, 3.8) is 0 Å². The SMILES string of the molecule is CC(O)C1CCCN(C(=O)NCCc2cnn(-c3ccccc3)c2)C1. The van der Waals surface area contributed by atoms with Gasteiger partial charge in [0.05, 0.1) is 18.0 Å². The number of aliphatic hydroxyl groups excluding tert-OH is 1. The van der Waals surface area contributed by atoms with E-state index in [-0.39, 0.29) is 18.1 Å². The highest BCUT2D eigenvalue weighted by atomic mass is 16.3. The third kappa shape index (κ3) is 4.60. The number of likely N-dealkylation sites (tertiary alicyclic amines) is 1. The van der Waals surface area contributed by atoms with E-state index in [0.717, 1.165) is 37.1 Å². The van der Waals surface area contributed by atoms with Gasteiger partial charge in [0, 0.05) is 31.7 Å². The number of benzene rings is 1. The molecule has 2 atom stereocenters. The number of nitrogens with zero attached hydrogens (tertiary/aromatic N) is 3. The molecular formula is C19H26N4O2. The van der Waals surface area contributed by atoms with Gasteiger partial charge in [-0.1, -0.05) is 18.2 Å². The molecule has 2 amide bonds. The number of carbonyl (C=O) groups is 1. The van der Waals surface area contributed by atoms with Gasteiger partial charge in [0.1, 0.15) is 0 Å². The molecule has 1 saturated heterocycles. The van der Waals surface area contributed by atoms with E-state index in [1.54, 1.807) is 6.92 Å². The second-order valence-electron chi connectivity index (χ2n) is 6.70. The number of aromatic nitrogens is 2. The number of rotatable bonds is 5. The number of amides is 2. The van der Waals surface area contributed by atoms with Gasteiger partial charge in [0.25, 0.3) is 0 Å². The van der Waals surface area contributed by atoms with Crippen LogP contribution in [0.2, 0.25) is 0 Å². The summed E-state index contributed by atoms with van der Waals surface area (Å²) >= 11 is 0. The Morgan fingerprint density at radius 2 is 2.20 bits per heavy atom. The largest absolute Gasteiger partial charge is 0.393 e. The molecule has 2 N–H and O–H groups in total. The van der Waals surface area contributed by atoms with E-state index in [0.29, 0.717) is 13.1 Å². The lowest BCUT2D eigenvalue weighted by Crippen LogP contribution is -2.47. The van der Waals surface area contributed by atoms with E-state index in [2.05, 4.69) is 10.4 Å². The minimum atomic E-state index is -0.362. The van der Waals surface area contributed by atoms with Gasteiger partial charge < -0.3 is 15.3 Å². The summed E-state index contributed by atoms with van der Waals surface area (Å²) < 4.78 is 1.84. The Morgan fingerprint density at radius 3 is 2.96 bits per heavy atom. The topological polar surface area (TPSA) is 70.4 Å². The van der Waals surface area contributed by atoms with Crippen molar-refractivity contribution in [1.82, 2.24) is 20.0 Å². The highest BCUT2D eigenvalue weighted by molar-refractivity contribution is 5.74. The summed E-state index contributed by atoms with van der Waals surface area (Å²) in [6, 6.07) is 9.92. The van der Waals surface area contributed by atoms with Crippen molar-refractivity contribution in [3.8, 4) is 5.69 Å². The number of nitrogens with one attached hydrogen (secondary N) is 1. The third-order valence-corrected chi connectivity index (χ3v) is 4.77. The minimum Gasteiger partial charge on any atom is -0.393 e. The monoisotopic (exact) mass is 342 g/mol. The van der Waals surface area contributed by atoms with Crippen LogP contribution < -0.4 is 5.32 Å². The quantitative estimate of drug-likeness (QED) is 0.875. The zero-order valence-corrected chi connectivity index (χ0v) is 14.6. The lowest BCUT2D eigenvalue weighted by Gasteiger charge is -2.34. The fourth-order valence-electron chi connectivity index (χ4n) is 3.22. The van der Waals surface area contributed by atoms with Crippen molar-refractivity contribution in [3.05, 3.63) is 48.3 Å². The molecule has 0 saturated carbocycles. The maximum absolute atomic E-state index is 12.3. The van der Waals surface area contributed by atoms with Crippen molar-refractivity contribution in [1.29, 1.82) is 0 Å². The molecule has 6 nitrogen and oxygen atoms in total. The Kier molecular flexibility index (Phi) is 5.71. The Balaban J connectivity index is 1.47. The molecular weight excluding hydrogens is 316 g/mol. The number of urea groups is 1. The number of hydrogen-bond donors (Lipinski definition) is 2. The Labute approximate surface area is 148 Å². The van der Waals surface area contributed by atoms with Gasteiger partial charge in [-0.3, -0.25) is 0 Å². The zero-order chi connectivity index (χ0) is 17.6. The summed E-state index contributed by atoms with van der Waals surface area (Å²) in [6.07, 6.45) is 6.15. The minimum absolute atomic E-state index is 0.0409. The zero-order valence-electron chi connectivity index (χ0n) is 14.6. The van der Waals surface area contributed by atoms with Crippen LogP contribution in [-0.4, -0.2) is 51.6 Å². The van der Waals surface area contributed by atoms with E-state index in [4.69, 9.17) is 0 Å². The van der Waals surface area contributed by atoms with Gasteiger partial charge in [-0.2, -0.15) is 5.10 Å². The summed E-state index contributed by atoms with van der Waals surface area (Å²) in [5.74, 6) is 0.184. The van der Waals surface area contributed by atoms with E-state index in [9.17, 15) is 9.90 Å². The summed E-state index contributed by atoms with van der Waals surface area (Å²) in [5, 5.41) is 17.1. The van der Waals surface area contributed by atoms with Crippen molar-refractivity contribution in [2.75, 3.05) is 19.6 Å². The van der Waals surface area contributed by atoms with Crippen LogP contribution in [0.3, 0.4) is 0 Å². The van der Waals surface area contributed by atoms with Crippen molar-refractivity contribution in [2.45, 2.75) is 32.3 Å². The van der Waals surface area contributed by atoms with Gasteiger partial charge in [-0.25, -0.2) is 9.48 Å². The lowest BCUT2D eigenvalue weighted by molar-refractivity contribution is 0.0740. The first kappa shape index (κ1) is 17.5. The summed E-state index contributed by atoms with van der Waals surface area (Å²) in [5.41, 5.74) is 2.11. The van der Waals surface area contributed by atoms with Crippen LogP contribution in [0.1, 0.15) is 25.3 Å². The smallest absolute Gasteiger partial charge is 0.317 e. The molecule has 2 heterocycles. The molecule has 0 radical (unpaired) electrons. The van der Waals surface area contributed by atoms with Crippen LogP contribution in [0.5, 0.6) is 0 Å². The molecule has 134 valence electrons. The van der Waals surface area contributed by atoms with Crippen molar-refractivity contribution < 1.29 is 9.90 Å². The molecule has 3 rings (SSSR count). The highest BCUT2D eigenvalue weighted by Crippen LogP contribution is 2.19. The molecule has 25 heavy (non-hydrogen) atoms. The number of piperidine rings is 1. The van der Waals surface area contributed by atoms with Gasteiger partial charge >= 0.3 is 6.03 Å². The standard InChI is InChI=1S/C19H26N4O2/c1-15(24)17-6-5-11-22(14-17)19(25)20-10-9-16-12-21-23(13-16)18-7-3-2-4-8-18/h2-4,7-8,12-13,15,17,24H,5-6,9-11,14H2,1H3,(H,20,25). The van der Waals surface area contributed by atoms with Crippen LogP contribution in [0.4, 0.5) is 4.79 Å². The van der Waals surface area contributed by atoms with Crippen molar-refractivity contribution >= 4 is 6.03 Å². The van der Waals surface area contributed by atoms with Crippen LogP contribution >= 0.6 is 0 Å². The summed E-state index contributed by atoms with van der Waals surface area (Å²) in [4.78, 5) is 14.1. The number of aliphatic hydroxyl groups is 1. The predicted molar refractivity (Wildman–Crippen MR) is 96.6 cm³/mol. The lowest BCUT2D eigenvalue weighted by atomic mass is 9.94. The van der Waals surface area contributed by atoms with Gasteiger partial charge in [-0.15, -0.1) is 0 Å². The first-order valence-electron chi connectivity index (χ1n) is 8.93. The third-order valence-electron chi connectivity index (χ3n) is 4.77. The molecule has 2 unspecified atom stereocenters. The first-order valence-corrected chi connectivity index (χ1v) is 8.93. The molecule has 1 aliphatic heterocycles. The number of carbonyl (C=O) groups excluding carboxylic acids is 1. The number of para-hydroxylation sites is 1. The molecule has 0 spiro atoms. The summed E-state index contributed by atoms with van der Waals surface area (Å²) in [7, 11) is 0. The maximum Gasteiger partial charge on any atom is 0.317 e. The summed E-state index contributed by atoms with van der Waals surface area (Å²) in [6.45, 7) is 3.78. The Hall–Kier alpha value is -2.34. The average molecular weight is 342 g/mol. The molecule has 1 aliphatic rings. The van der Waals surface area contributed by atoms with E-state index in [1.165, 1.54) is 0 Å². The van der Waals surface area contributed by atoms with Gasteiger partial charge in [-0.05, 0) is 43.9 Å². The fourth-order valence-corrected chi connectivity index (χ4v) is 3.22. The molecule has 2 aromatic rings. The number of hydrogen-bond acceptors (Lipinski definition) is 3. The predicted octanol–water partition coefficient (Wildman–Crippen LogP) is 2.22. The van der Waals surface area contributed by atoms with Crippen LogP contribution in [0.25, 0.3) is 5.69 Å². The Bertz CT molecular complexity index is 684. The van der Waals surface area contributed by atoms with Gasteiger partial charge in [0.15, 0.2) is 0 Å². The molecule has 1 aromatic carbocycles. The first-order chi connectivity index (χ1) is 12.1. The molecule has 0 bridgehead atoms. The second-order valence-corrected chi connectivity index (χ2v) is 6.70. The highest BCUT2D eigenvalue weighted by Gasteiger charge is 2.26. The van der Waals surface area contributed by atoms with Crippen LogP contribution in [-0.2, 0) is 6.42 Å². The Morgan fingerprint density at radius 1 is 1.40 bits per heavy atom. The van der Waals surface area contributed by atoms with Crippen molar-refractivity contribution in [2.24, 2.45) is 5.92 Å². The normalized spacial score (nSPS) is 18.8. The van der Waals surface area contributed by atoms with E-state index in [1.807, 2.05) is 52.3 Å². The molecule has 6 heteroatoms. The molecule has 0 aliphatic carbocycles. The van der Waals surface area contributed by atoms with Gasteiger partial charge in [0.2, 0.25) is 0 Å². The second kappa shape index (κ2) is 8.16. The molecule has 1 aromatic heterocycles. The van der Waals surface area contributed by atoms with E-state index < -0.39 is 0 Å². The van der Waals surface area contributed by atoms with Crippen LogP contribution in [0, 0.1) is 5.92 Å². The fraction of sp³-hybridized carbons (Fsp3) is 0.474. The average Bonchev–Trinajstić information content (AvgIpc) is 3.11. The van der Waals surface area contributed by atoms with E-state index >= 15 is 0 Å².